The second-order valence-corrected chi connectivity index (χ2v) is 5.48. The second-order valence-electron chi connectivity index (χ2n) is 4.62. The first-order valence-electron chi connectivity index (χ1n) is 5.97. The first kappa shape index (κ1) is 15.4. The van der Waals surface area contributed by atoms with Crippen molar-refractivity contribution in [3.05, 3.63) is 38.3 Å². The molecule has 0 spiro atoms. The molecule has 2 N–H and O–H groups in total. The number of β-amino-alcohol motifs (C(OH)–C–C–N with tert-alkyl or cyclic N) is 1. The summed E-state index contributed by atoms with van der Waals surface area (Å²) >= 11 is 3.12. The summed E-state index contributed by atoms with van der Waals surface area (Å²) in [5.41, 5.74) is -0.280. The van der Waals surface area contributed by atoms with Gasteiger partial charge in [0.15, 0.2) is 0 Å². The van der Waals surface area contributed by atoms with E-state index in [9.17, 15) is 24.8 Å². The van der Waals surface area contributed by atoms with Gasteiger partial charge in [-0.3, -0.25) is 14.9 Å². The van der Waals surface area contributed by atoms with Crippen LogP contribution < -0.4 is 0 Å². The lowest BCUT2D eigenvalue weighted by Crippen LogP contribution is -2.40. The summed E-state index contributed by atoms with van der Waals surface area (Å²) in [7, 11) is 0. The van der Waals surface area contributed by atoms with Gasteiger partial charge in [-0.25, -0.2) is 4.79 Å². The van der Waals surface area contributed by atoms with Gasteiger partial charge in [-0.15, -0.1) is 0 Å². The number of nitrogens with zero attached hydrogens (tertiary/aromatic N) is 2. The molecule has 21 heavy (non-hydrogen) atoms. The predicted octanol–water partition coefficient (Wildman–Crippen LogP) is 1.02. The zero-order valence-electron chi connectivity index (χ0n) is 10.6. The van der Waals surface area contributed by atoms with Crippen molar-refractivity contribution in [2.75, 3.05) is 6.54 Å². The molecule has 1 aliphatic heterocycles. The fourth-order valence-corrected chi connectivity index (χ4v) is 2.63. The molecule has 0 radical (unpaired) electrons. The number of non-ortho nitro benzene ring substituents is 1. The van der Waals surface area contributed by atoms with Crippen molar-refractivity contribution >= 4 is 33.5 Å². The molecule has 1 aromatic carbocycles. The average molecular weight is 359 g/mol. The number of rotatable bonds is 3. The van der Waals surface area contributed by atoms with Gasteiger partial charge in [-0.2, -0.15) is 0 Å². The third kappa shape index (κ3) is 3.03. The topological polar surface area (TPSA) is 121 Å². The molecule has 0 saturated carbocycles. The van der Waals surface area contributed by atoms with Crippen LogP contribution >= 0.6 is 15.9 Å². The van der Waals surface area contributed by atoms with Crippen LogP contribution in [0.2, 0.25) is 0 Å². The minimum atomic E-state index is -1.22. The Bertz CT molecular complexity index is 620. The van der Waals surface area contributed by atoms with Crippen LogP contribution in [0.5, 0.6) is 0 Å². The van der Waals surface area contributed by atoms with Crippen molar-refractivity contribution in [1.29, 1.82) is 0 Å². The van der Waals surface area contributed by atoms with Gasteiger partial charge in [0, 0.05) is 29.6 Å². The van der Waals surface area contributed by atoms with E-state index in [1.807, 2.05) is 0 Å². The van der Waals surface area contributed by atoms with Crippen molar-refractivity contribution in [2.24, 2.45) is 0 Å². The Labute approximate surface area is 127 Å². The van der Waals surface area contributed by atoms with Crippen LogP contribution in [0.15, 0.2) is 22.7 Å². The molecule has 0 unspecified atom stereocenters. The van der Waals surface area contributed by atoms with Crippen LogP contribution in [0, 0.1) is 10.1 Å². The van der Waals surface area contributed by atoms with E-state index in [1.54, 1.807) is 0 Å². The normalized spacial score (nSPS) is 21.3. The SMILES string of the molecule is O=C(O)[C@@H]1C[C@@H](O)CN1C(=O)c1cc([N+](=O)[O-])ccc1Br. The first-order valence-corrected chi connectivity index (χ1v) is 6.76. The molecule has 0 bridgehead atoms. The maximum Gasteiger partial charge on any atom is 0.326 e. The number of carboxylic acids is 1. The molecule has 0 aromatic heterocycles. The molecule has 1 amide bonds. The van der Waals surface area contributed by atoms with Crippen LogP contribution in [0.1, 0.15) is 16.8 Å². The summed E-state index contributed by atoms with van der Waals surface area (Å²) in [5, 5.41) is 29.4. The number of hydrogen-bond donors (Lipinski definition) is 2. The highest BCUT2D eigenvalue weighted by molar-refractivity contribution is 9.10. The maximum atomic E-state index is 12.4. The number of likely N-dealkylation sites (tertiary alicyclic amines) is 1. The van der Waals surface area contributed by atoms with Crippen molar-refractivity contribution in [3.63, 3.8) is 0 Å². The lowest BCUT2D eigenvalue weighted by molar-refractivity contribution is -0.384. The first-order chi connectivity index (χ1) is 9.81. The molecule has 1 heterocycles. The van der Waals surface area contributed by atoms with Crippen LogP contribution in [0.25, 0.3) is 0 Å². The van der Waals surface area contributed by atoms with Crippen molar-refractivity contribution in [3.8, 4) is 0 Å². The van der Waals surface area contributed by atoms with E-state index in [1.165, 1.54) is 12.1 Å². The third-order valence-corrected chi connectivity index (χ3v) is 3.91. The Morgan fingerprint density at radius 1 is 1.43 bits per heavy atom. The third-order valence-electron chi connectivity index (χ3n) is 3.22. The molecule has 9 heteroatoms. The van der Waals surface area contributed by atoms with Gasteiger partial charge in [0.25, 0.3) is 11.6 Å². The second kappa shape index (κ2) is 5.78. The van der Waals surface area contributed by atoms with Gasteiger partial charge in [0.05, 0.1) is 16.6 Å². The molecule has 0 aliphatic carbocycles. The van der Waals surface area contributed by atoms with E-state index in [0.717, 1.165) is 11.0 Å². The molecular formula is C12H11BrN2O6. The van der Waals surface area contributed by atoms with E-state index in [2.05, 4.69) is 15.9 Å². The number of carbonyl (C=O) groups is 2. The van der Waals surface area contributed by atoms with Crippen LogP contribution in [0.4, 0.5) is 5.69 Å². The van der Waals surface area contributed by atoms with Crippen LogP contribution in [0.3, 0.4) is 0 Å². The highest BCUT2D eigenvalue weighted by atomic mass is 79.9. The number of nitro groups is 1. The van der Waals surface area contributed by atoms with Gasteiger partial charge >= 0.3 is 5.97 Å². The van der Waals surface area contributed by atoms with Gasteiger partial charge in [0.1, 0.15) is 6.04 Å². The molecule has 1 aliphatic rings. The molecule has 1 fully saturated rings. The maximum absolute atomic E-state index is 12.4. The molecular weight excluding hydrogens is 348 g/mol. The summed E-state index contributed by atoms with van der Waals surface area (Å²) in [4.78, 5) is 34.7. The number of carboxylic acid groups (broad SMARTS) is 1. The number of carbonyl (C=O) groups excluding carboxylic acids is 1. The minimum absolute atomic E-state index is 0.00968. The number of hydrogen-bond acceptors (Lipinski definition) is 5. The monoisotopic (exact) mass is 358 g/mol. The fourth-order valence-electron chi connectivity index (χ4n) is 2.22. The summed E-state index contributed by atoms with van der Waals surface area (Å²) in [5.74, 6) is -1.89. The molecule has 8 nitrogen and oxygen atoms in total. The lowest BCUT2D eigenvalue weighted by atomic mass is 10.1. The highest BCUT2D eigenvalue weighted by Crippen LogP contribution is 2.27. The molecule has 2 atom stereocenters. The number of aliphatic hydroxyl groups excluding tert-OH is 1. The zero-order valence-corrected chi connectivity index (χ0v) is 12.2. The molecule has 1 aromatic rings. The summed E-state index contributed by atoms with van der Waals surface area (Å²) in [6, 6.07) is 2.52. The van der Waals surface area contributed by atoms with Crippen molar-refractivity contribution in [1.82, 2.24) is 4.90 Å². The Balaban J connectivity index is 2.37. The Morgan fingerprint density at radius 2 is 2.10 bits per heavy atom. The molecule has 1 saturated heterocycles. The zero-order chi connectivity index (χ0) is 15.7. The minimum Gasteiger partial charge on any atom is -0.480 e. The van der Waals surface area contributed by atoms with Gasteiger partial charge in [-0.05, 0) is 22.0 Å². The number of amides is 1. The fraction of sp³-hybridized carbons (Fsp3) is 0.333. The number of aliphatic carboxylic acids is 1. The lowest BCUT2D eigenvalue weighted by Gasteiger charge is -2.21. The molecule has 112 valence electrons. The summed E-state index contributed by atoms with van der Waals surface area (Å²) < 4.78 is 0.323. The van der Waals surface area contributed by atoms with E-state index >= 15 is 0 Å². The van der Waals surface area contributed by atoms with E-state index < -0.39 is 28.9 Å². The average Bonchev–Trinajstić information content (AvgIpc) is 2.80. The Hall–Kier alpha value is -2.00. The Kier molecular flexibility index (Phi) is 4.24. The van der Waals surface area contributed by atoms with Crippen molar-refractivity contribution in [2.45, 2.75) is 18.6 Å². The predicted molar refractivity (Wildman–Crippen MR) is 73.9 cm³/mol. The largest absolute Gasteiger partial charge is 0.480 e. The Morgan fingerprint density at radius 3 is 2.67 bits per heavy atom. The van der Waals surface area contributed by atoms with Crippen LogP contribution in [-0.2, 0) is 4.79 Å². The molecule has 2 rings (SSSR count). The van der Waals surface area contributed by atoms with Gasteiger partial charge in [0.2, 0.25) is 0 Å². The van der Waals surface area contributed by atoms with Crippen LogP contribution in [-0.4, -0.2) is 50.6 Å². The summed E-state index contributed by atoms with van der Waals surface area (Å²) in [6.07, 6.45) is -0.985. The summed E-state index contributed by atoms with van der Waals surface area (Å²) in [6.45, 7) is -0.120. The highest BCUT2D eigenvalue weighted by Gasteiger charge is 2.39. The number of nitro benzene ring substituents is 1. The van der Waals surface area contributed by atoms with Gasteiger partial charge < -0.3 is 15.1 Å². The van der Waals surface area contributed by atoms with E-state index in [4.69, 9.17) is 5.11 Å². The number of halogens is 1. The smallest absolute Gasteiger partial charge is 0.326 e. The van der Waals surface area contributed by atoms with Gasteiger partial charge in [-0.1, -0.05) is 0 Å². The van der Waals surface area contributed by atoms with Crippen molar-refractivity contribution < 1.29 is 24.7 Å². The quantitative estimate of drug-likeness (QED) is 0.614. The number of benzene rings is 1. The number of aliphatic hydroxyl groups is 1. The standard InChI is InChI=1S/C12H11BrN2O6/c13-9-2-1-6(15(20)21)3-8(9)11(17)14-5-7(16)4-10(14)12(18)19/h1-3,7,10,16H,4-5H2,(H,18,19)/t7-,10+/m1/s1. The van der Waals surface area contributed by atoms with E-state index in [-0.39, 0.29) is 24.2 Å². The van der Waals surface area contributed by atoms with E-state index in [0.29, 0.717) is 4.47 Å².